The van der Waals surface area contributed by atoms with E-state index in [4.69, 9.17) is 4.74 Å². The van der Waals surface area contributed by atoms with Crippen molar-refractivity contribution in [3.05, 3.63) is 154 Å². The molecule has 0 fully saturated rings. The fourth-order valence-corrected chi connectivity index (χ4v) is 6.35. The molecule has 226 valence electrons. The largest absolute Gasteiger partial charge is 0.462 e. The van der Waals surface area contributed by atoms with Crippen molar-refractivity contribution in [1.29, 1.82) is 5.26 Å². The molecule has 7 heteroatoms. The van der Waals surface area contributed by atoms with E-state index in [1.54, 1.807) is 19.1 Å². The number of hydrogen-bond donors (Lipinski definition) is 0. The number of hydrogen-bond acceptors (Lipinski definition) is 6. The summed E-state index contributed by atoms with van der Waals surface area (Å²) in [5.41, 5.74) is 6.13. The first kappa shape index (κ1) is 30.3. The molecule has 1 heterocycles. The van der Waals surface area contributed by atoms with E-state index in [9.17, 15) is 19.2 Å². The second-order valence-electron chi connectivity index (χ2n) is 11.2. The van der Waals surface area contributed by atoms with Gasteiger partial charge in [0.2, 0.25) is 0 Å². The van der Waals surface area contributed by atoms with Crippen LogP contribution in [-0.4, -0.2) is 28.3 Å². The Bertz CT molecular complexity index is 2100. The van der Waals surface area contributed by atoms with Crippen molar-refractivity contribution < 1.29 is 18.7 Å². The lowest BCUT2D eigenvalue weighted by atomic mass is 9.69. The number of nitrogens with zero attached hydrogens (tertiary/aromatic N) is 3. The lowest BCUT2D eigenvalue weighted by Crippen LogP contribution is -2.25. The quantitative estimate of drug-likeness (QED) is 0.148. The van der Waals surface area contributed by atoms with Crippen molar-refractivity contribution in [2.24, 2.45) is 0 Å². The number of carbonyl (C=O) groups excluding carboxylic acids is 2. The fourth-order valence-electron chi connectivity index (χ4n) is 6.35. The van der Waals surface area contributed by atoms with Crippen molar-refractivity contribution in [3.63, 3.8) is 0 Å². The van der Waals surface area contributed by atoms with Gasteiger partial charge in [0, 0.05) is 24.7 Å². The third-order valence-electron chi connectivity index (χ3n) is 8.43. The molecular formula is C39H30FN3O3. The van der Waals surface area contributed by atoms with Crippen LogP contribution in [0, 0.1) is 24.1 Å². The maximum atomic E-state index is 13.7. The third kappa shape index (κ3) is 5.85. The summed E-state index contributed by atoms with van der Waals surface area (Å²) in [6, 6.07) is 30.9. The lowest BCUT2D eigenvalue weighted by molar-refractivity contribution is -0.120. The zero-order chi connectivity index (χ0) is 32.2. The van der Waals surface area contributed by atoms with Gasteiger partial charge in [0.05, 0.1) is 29.7 Å². The molecule has 5 aromatic carbocycles. The minimum absolute atomic E-state index is 0.119. The molecule has 0 bridgehead atoms. The number of rotatable bonds is 4. The average molecular weight is 608 g/mol. The molecule has 2 unspecified atom stereocenters. The molecule has 0 aliphatic heterocycles. The maximum Gasteiger partial charge on any atom is 0.341 e. The molecule has 6 nitrogen and oxygen atoms in total. The fraction of sp³-hybridized carbons (Fsp3) is 0.154. The molecule has 6 aromatic rings. The van der Waals surface area contributed by atoms with Crippen LogP contribution in [-0.2, 0) is 9.53 Å². The number of nitriles is 1. The summed E-state index contributed by atoms with van der Waals surface area (Å²) in [6.07, 6.45) is 4.56. The minimum Gasteiger partial charge on any atom is -0.462 e. The molecule has 2 atom stereocenters. The van der Waals surface area contributed by atoms with E-state index in [0.29, 0.717) is 24.2 Å². The Morgan fingerprint density at radius 1 is 0.891 bits per heavy atom. The number of aromatic nitrogens is 2. The van der Waals surface area contributed by atoms with Gasteiger partial charge in [-0.1, -0.05) is 66.7 Å². The lowest BCUT2D eigenvalue weighted by Gasteiger charge is -2.33. The van der Waals surface area contributed by atoms with Crippen LogP contribution in [0.5, 0.6) is 0 Å². The number of fused-ring (bicyclic) bond motifs is 5. The normalized spacial score (nSPS) is 15.4. The predicted octanol–water partition coefficient (Wildman–Crippen LogP) is 8.20. The van der Waals surface area contributed by atoms with Gasteiger partial charge in [-0.2, -0.15) is 5.26 Å². The number of aryl methyl sites for hydroxylation is 1. The standard InChI is InChI=1S/C32H22FNO.C7H8N2O2/c1-19-16-29-26(25-5-3-2-4-24(19)25)14-15-27-31(22-10-12-23(33)13-11-22)30(35)17-28(32(27)29)21-8-6-20(18-34)7-9-21;1-2-11-7(10)6-3-8-5-9-4-6/h2-16,28,31H,17H2,1H3;3-5H,2H2,1H3. The van der Waals surface area contributed by atoms with Crippen LogP contribution in [0.15, 0.2) is 110 Å². The molecule has 46 heavy (non-hydrogen) atoms. The van der Waals surface area contributed by atoms with Crippen LogP contribution < -0.4 is 0 Å². The van der Waals surface area contributed by atoms with Gasteiger partial charge in [0.15, 0.2) is 0 Å². The van der Waals surface area contributed by atoms with Gasteiger partial charge < -0.3 is 4.74 Å². The summed E-state index contributed by atoms with van der Waals surface area (Å²) >= 11 is 0. The Balaban J connectivity index is 0.000000288. The minimum atomic E-state index is -0.434. The van der Waals surface area contributed by atoms with Gasteiger partial charge in [-0.3, -0.25) is 4.79 Å². The highest BCUT2D eigenvalue weighted by atomic mass is 19.1. The second kappa shape index (κ2) is 13.1. The summed E-state index contributed by atoms with van der Waals surface area (Å²) < 4.78 is 18.4. The maximum absolute atomic E-state index is 13.7. The zero-order valence-electron chi connectivity index (χ0n) is 25.4. The van der Waals surface area contributed by atoms with E-state index >= 15 is 0 Å². The van der Waals surface area contributed by atoms with Crippen molar-refractivity contribution >= 4 is 33.3 Å². The average Bonchev–Trinajstić information content (AvgIpc) is 3.09. The van der Waals surface area contributed by atoms with Crippen molar-refractivity contribution in [3.8, 4) is 6.07 Å². The number of carbonyl (C=O) groups is 2. The van der Waals surface area contributed by atoms with Gasteiger partial charge in [-0.15, -0.1) is 0 Å². The van der Waals surface area contributed by atoms with Gasteiger partial charge in [-0.25, -0.2) is 19.2 Å². The highest BCUT2D eigenvalue weighted by Crippen LogP contribution is 2.47. The molecule has 1 aliphatic rings. The first-order valence-electron chi connectivity index (χ1n) is 15.0. The number of benzene rings is 5. The predicted molar refractivity (Wildman–Crippen MR) is 175 cm³/mol. The summed E-state index contributed by atoms with van der Waals surface area (Å²) in [7, 11) is 0. The summed E-state index contributed by atoms with van der Waals surface area (Å²) in [4.78, 5) is 31.9. The number of ether oxygens (including phenoxy) is 1. The molecular weight excluding hydrogens is 577 g/mol. The smallest absolute Gasteiger partial charge is 0.341 e. The first-order valence-corrected chi connectivity index (χ1v) is 15.0. The number of halogens is 1. The second-order valence-corrected chi connectivity index (χ2v) is 11.2. The molecule has 7 rings (SSSR count). The summed E-state index contributed by atoms with van der Waals surface area (Å²) in [6.45, 7) is 4.25. The Kier molecular flexibility index (Phi) is 8.62. The molecule has 0 radical (unpaired) electrons. The first-order chi connectivity index (χ1) is 22.4. The Labute approximate surface area is 266 Å². The van der Waals surface area contributed by atoms with Crippen LogP contribution in [0.25, 0.3) is 21.5 Å². The summed E-state index contributed by atoms with van der Waals surface area (Å²) in [5.74, 6) is -1.13. The van der Waals surface area contributed by atoms with Gasteiger partial charge in [0.1, 0.15) is 17.9 Å². The SMILES string of the molecule is CCOC(=O)c1cncnc1.Cc1cc2c3c(ccc2c2ccccc12)C(c1ccc(F)cc1)C(=O)CC3c1ccc(C#N)cc1. The van der Waals surface area contributed by atoms with Crippen molar-refractivity contribution in [2.45, 2.75) is 32.1 Å². The van der Waals surface area contributed by atoms with E-state index in [1.165, 1.54) is 47.2 Å². The van der Waals surface area contributed by atoms with Crippen molar-refractivity contribution in [2.75, 3.05) is 6.61 Å². The van der Waals surface area contributed by atoms with E-state index in [-0.39, 0.29) is 23.5 Å². The molecule has 0 spiro atoms. The zero-order valence-corrected chi connectivity index (χ0v) is 25.4. The highest BCUT2D eigenvalue weighted by Gasteiger charge is 2.36. The van der Waals surface area contributed by atoms with Crippen LogP contribution in [0.4, 0.5) is 4.39 Å². The molecule has 0 saturated heterocycles. The molecule has 1 aromatic heterocycles. The van der Waals surface area contributed by atoms with E-state index in [0.717, 1.165) is 33.0 Å². The topological polar surface area (TPSA) is 92.9 Å². The molecule has 0 saturated carbocycles. The Hall–Kier alpha value is -5.74. The highest BCUT2D eigenvalue weighted by molar-refractivity contribution is 6.11. The monoisotopic (exact) mass is 607 g/mol. The molecule has 0 N–H and O–H groups in total. The van der Waals surface area contributed by atoms with Crippen molar-refractivity contribution in [1.82, 2.24) is 9.97 Å². The Morgan fingerprint density at radius 2 is 1.54 bits per heavy atom. The van der Waals surface area contributed by atoms with E-state index in [1.807, 2.05) is 24.3 Å². The van der Waals surface area contributed by atoms with E-state index in [2.05, 4.69) is 65.4 Å². The molecule has 1 aliphatic carbocycles. The van der Waals surface area contributed by atoms with Crippen LogP contribution >= 0.6 is 0 Å². The number of ketones is 1. The van der Waals surface area contributed by atoms with Crippen LogP contribution in [0.1, 0.15) is 68.9 Å². The Morgan fingerprint density at radius 3 is 2.22 bits per heavy atom. The van der Waals surface area contributed by atoms with Gasteiger partial charge >= 0.3 is 5.97 Å². The summed E-state index contributed by atoms with van der Waals surface area (Å²) in [5, 5.41) is 14.0. The van der Waals surface area contributed by atoms with E-state index < -0.39 is 5.92 Å². The van der Waals surface area contributed by atoms with Gasteiger partial charge in [0.25, 0.3) is 0 Å². The van der Waals surface area contributed by atoms with Gasteiger partial charge in [-0.05, 0) is 87.5 Å². The van der Waals surface area contributed by atoms with Crippen LogP contribution in [0.2, 0.25) is 0 Å². The number of Topliss-reactive ketones (excluding diaryl/α,β-unsaturated/α-hetero) is 1. The number of esters is 1. The third-order valence-corrected chi connectivity index (χ3v) is 8.43. The molecule has 0 amide bonds. The van der Waals surface area contributed by atoms with Crippen LogP contribution in [0.3, 0.4) is 0 Å².